The van der Waals surface area contributed by atoms with Gasteiger partial charge in [0.1, 0.15) is 6.04 Å². The number of rotatable bonds is 3. The Hall–Kier alpha value is -1.84. The normalized spacial score (nSPS) is 19.9. The highest BCUT2D eigenvalue weighted by molar-refractivity contribution is 5.97. The molecule has 0 aromatic heterocycles. The van der Waals surface area contributed by atoms with Gasteiger partial charge in [-0.3, -0.25) is 9.59 Å². The zero-order valence-corrected chi connectivity index (χ0v) is 11.3. The third-order valence-electron chi connectivity index (χ3n) is 3.50. The fourth-order valence-corrected chi connectivity index (χ4v) is 2.38. The van der Waals surface area contributed by atoms with Gasteiger partial charge >= 0.3 is 0 Å². The number of hydrogen-bond acceptors (Lipinski definition) is 2. The zero-order chi connectivity index (χ0) is 13.7. The highest BCUT2D eigenvalue weighted by Crippen LogP contribution is 2.12. The number of carbonyl (C=O) groups excluding carboxylic acids is 2. The maximum absolute atomic E-state index is 12.3. The molecule has 0 bridgehead atoms. The lowest BCUT2D eigenvalue weighted by Crippen LogP contribution is -2.47. The van der Waals surface area contributed by atoms with Gasteiger partial charge in [0.05, 0.1) is 0 Å². The van der Waals surface area contributed by atoms with E-state index < -0.39 is 0 Å². The van der Waals surface area contributed by atoms with E-state index in [4.69, 9.17) is 0 Å². The molecule has 102 valence electrons. The maximum Gasteiger partial charge on any atom is 0.251 e. The van der Waals surface area contributed by atoms with Crippen molar-refractivity contribution < 1.29 is 9.59 Å². The average Bonchev–Trinajstić information content (AvgIpc) is 2.62. The molecule has 4 heteroatoms. The second-order valence-electron chi connectivity index (χ2n) is 4.81. The predicted octanol–water partition coefficient (Wildman–Crippen LogP) is 1.82. The molecular weight excluding hydrogens is 240 g/mol. The first kappa shape index (κ1) is 13.6. The lowest BCUT2D eigenvalue weighted by Gasteiger charge is -2.23. The number of hydrogen-bond donors (Lipinski definition) is 1. The van der Waals surface area contributed by atoms with Crippen molar-refractivity contribution in [3.8, 4) is 0 Å². The Morgan fingerprint density at radius 1 is 1.32 bits per heavy atom. The summed E-state index contributed by atoms with van der Waals surface area (Å²) in [6, 6.07) is 8.65. The summed E-state index contributed by atoms with van der Waals surface area (Å²) in [6.07, 6.45) is 2.72. The van der Waals surface area contributed by atoms with Crippen molar-refractivity contribution in [3.05, 3.63) is 35.9 Å². The van der Waals surface area contributed by atoms with E-state index in [2.05, 4.69) is 5.32 Å². The Balaban J connectivity index is 2.04. The third kappa shape index (κ3) is 3.34. The standard InChI is InChI=1S/C15H20N2O2/c1-2-17-11-7-6-10-13(15(17)19)16-14(18)12-8-4-3-5-9-12/h3-5,8-9,13H,2,6-7,10-11H2,1H3,(H,16,18). The van der Waals surface area contributed by atoms with Crippen LogP contribution in [-0.2, 0) is 4.79 Å². The first-order valence-electron chi connectivity index (χ1n) is 6.87. The van der Waals surface area contributed by atoms with E-state index in [1.165, 1.54) is 0 Å². The fraction of sp³-hybridized carbons (Fsp3) is 0.467. The van der Waals surface area contributed by atoms with Gasteiger partial charge in [0, 0.05) is 18.7 Å². The Kier molecular flexibility index (Phi) is 4.55. The molecule has 0 aliphatic carbocycles. The van der Waals surface area contributed by atoms with Crippen LogP contribution < -0.4 is 5.32 Å². The molecule has 0 saturated carbocycles. The van der Waals surface area contributed by atoms with Crippen LogP contribution in [0.1, 0.15) is 36.5 Å². The SMILES string of the molecule is CCN1CCCCC(NC(=O)c2ccccc2)C1=O. The summed E-state index contributed by atoms with van der Waals surface area (Å²) in [7, 11) is 0. The van der Waals surface area contributed by atoms with Crippen molar-refractivity contribution >= 4 is 11.8 Å². The minimum atomic E-state index is -0.379. The third-order valence-corrected chi connectivity index (χ3v) is 3.50. The van der Waals surface area contributed by atoms with Crippen LogP contribution in [0, 0.1) is 0 Å². The van der Waals surface area contributed by atoms with E-state index in [1.807, 2.05) is 30.0 Å². The van der Waals surface area contributed by atoms with Crippen LogP contribution in [0.15, 0.2) is 30.3 Å². The molecule has 1 atom stereocenters. The van der Waals surface area contributed by atoms with Crippen molar-refractivity contribution in [2.75, 3.05) is 13.1 Å². The summed E-state index contributed by atoms with van der Waals surface area (Å²) in [5.74, 6) is -0.124. The first-order chi connectivity index (χ1) is 9.22. The van der Waals surface area contributed by atoms with Gasteiger partial charge in [-0.15, -0.1) is 0 Å². The van der Waals surface area contributed by atoms with Gasteiger partial charge < -0.3 is 10.2 Å². The molecule has 1 aliphatic heterocycles. The molecule has 1 aromatic carbocycles. The number of amides is 2. The fourth-order valence-electron chi connectivity index (χ4n) is 2.38. The number of nitrogens with one attached hydrogen (secondary N) is 1. The van der Waals surface area contributed by atoms with E-state index in [0.29, 0.717) is 12.1 Å². The number of carbonyl (C=O) groups is 2. The minimum absolute atomic E-state index is 0.0456. The quantitative estimate of drug-likeness (QED) is 0.901. The monoisotopic (exact) mass is 260 g/mol. The van der Waals surface area contributed by atoms with E-state index in [0.717, 1.165) is 25.8 Å². The molecule has 1 aliphatic rings. The van der Waals surface area contributed by atoms with Gasteiger partial charge in [0.2, 0.25) is 5.91 Å². The molecule has 2 rings (SSSR count). The first-order valence-corrected chi connectivity index (χ1v) is 6.87. The minimum Gasteiger partial charge on any atom is -0.341 e. The Morgan fingerprint density at radius 2 is 2.05 bits per heavy atom. The van der Waals surface area contributed by atoms with Gasteiger partial charge in [-0.25, -0.2) is 0 Å². The maximum atomic E-state index is 12.3. The summed E-state index contributed by atoms with van der Waals surface area (Å²) >= 11 is 0. The number of nitrogens with zero attached hydrogens (tertiary/aromatic N) is 1. The van der Waals surface area contributed by atoms with Crippen LogP contribution in [0.4, 0.5) is 0 Å². The summed E-state index contributed by atoms with van der Waals surface area (Å²) in [5.41, 5.74) is 0.600. The average molecular weight is 260 g/mol. The molecule has 2 amide bonds. The summed E-state index contributed by atoms with van der Waals surface area (Å²) in [4.78, 5) is 26.2. The number of likely N-dealkylation sites (tertiary alicyclic amines) is 1. The molecule has 1 fully saturated rings. The highest BCUT2D eigenvalue weighted by atomic mass is 16.2. The lowest BCUT2D eigenvalue weighted by molar-refractivity contribution is -0.132. The van der Waals surface area contributed by atoms with Crippen LogP contribution in [0.25, 0.3) is 0 Å². The zero-order valence-electron chi connectivity index (χ0n) is 11.3. The van der Waals surface area contributed by atoms with Gasteiger partial charge in [-0.1, -0.05) is 18.2 Å². The number of likely N-dealkylation sites (N-methyl/N-ethyl adjacent to an activating group) is 1. The van der Waals surface area contributed by atoms with Crippen molar-refractivity contribution in [2.24, 2.45) is 0 Å². The van der Waals surface area contributed by atoms with E-state index in [-0.39, 0.29) is 17.9 Å². The summed E-state index contributed by atoms with van der Waals surface area (Å²) < 4.78 is 0. The lowest BCUT2D eigenvalue weighted by atomic mass is 10.1. The van der Waals surface area contributed by atoms with E-state index in [1.54, 1.807) is 12.1 Å². The smallest absolute Gasteiger partial charge is 0.251 e. The van der Waals surface area contributed by atoms with Crippen LogP contribution in [0.5, 0.6) is 0 Å². The molecule has 1 unspecified atom stereocenters. The van der Waals surface area contributed by atoms with Gasteiger partial charge in [-0.2, -0.15) is 0 Å². The van der Waals surface area contributed by atoms with Crippen LogP contribution in [-0.4, -0.2) is 35.8 Å². The van der Waals surface area contributed by atoms with Gasteiger partial charge in [-0.05, 0) is 38.3 Å². The van der Waals surface area contributed by atoms with Crippen molar-refractivity contribution in [3.63, 3.8) is 0 Å². The van der Waals surface area contributed by atoms with Crippen LogP contribution in [0.3, 0.4) is 0 Å². The number of benzene rings is 1. The molecule has 1 saturated heterocycles. The predicted molar refractivity (Wildman–Crippen MR) is 73.8 cm³/mol. The van der Waals surface area contributed by atoms with Gasteiger partial charge in [0.15, 0.2) is 0 Å². The largest absolute Gasteiger partial charge is 0.341 e. The second kappa shape index (κ2) is 6.36. The van der Waals surface area contributed by atoms with Crippen molar-refractivity contribution in [1.82, 2.24) is 10.2 Å². The topological polar surface area (TPSA) is 49.4 Å². The molecule has 1 aromatic rings. The Morgan fingerprint density at radius 3 is 2.74 bits per heavy atom. The molecule has 0 spiro atoms. The summed E-state index contributed by atoms with van der Waals surface area (Å²) in [5, 5.41) is 2.86. The van der Waals surface area contributed by atoms with Crippen molar-refractivity contribution in [1.29, 1.82) is 0 Å². The van der Waals surface area contributed by atoms with E-state index in [9.17, 15) is 9.59 Å². The van der Waals surface area contributed by atoms with Gasteiger partial charge in [0.25, 0.3) is 5.91 Å². The van der Waals surface area contributed by atoms with Crippen LogP contribution >= 0.6 is 0 Å². The Labute approximate surface area is 113 Å². The molecule has 4 nitrogen and oxygen atoms in total. The second-order valence-corrected chi connectivity index (χ2v) is 4.81. The molecule has 0 radical (unpaired) electrons. The molecular formula is C15H20N2O2. The summed E-state index contributed by atoms with van der Waals surface area (Å²) in [6.45, 7) is 3.48. The van der Waals surface area contributed by atoms with Crippen molar-refractivity contribution in [2.45, 2.75) is 32.2 Å². The molecule has 1 N–H and O–H groups in total. The Bertz CT molecular complexity index is 445. The highest BCUT2D eigenvalue weighted by Gasteiger charge is 2.27. The molecule has 1 heterocycles. The molecule has 19 heavy (non-hydrogen) atoms. The van der Waals surface area contributed by atoms with E-state index >= 15 is 0 Å². The van der Waals surface area contributed by atoms with Crippen LogP contribution in [0.2, 0.25) is 0 Å².